The highest BCUT2D eigenvalue weighted by Crippen LogP contribution is 2.48. The van der Waals surface area contributed by atoms with Crippen molar-refractivity contribution in [2.75, 3.05) is 25.5 Å². The molecule has 2 aliphatic rings. The van der Waals surface area contributed by atoms with Gasteiger partial charge in [-0.25, -0.2) is 0 Å². The number of carbonyl (C=O) groups excluding carboxylic acids is 1. The fourth-order valence-electron chi connectivity index (χ4n) is 4.87. The lowest BCUT2D eigenvalue weighted by Crippen LogP contribution is -2.35. The number of rotatable bonds is 5. The maximum absolute atomic E-state index is 12.4. The zero-order chi connectivity index (χ0) is 16.6. The van der Waals surface area contributed by atoms with Gasteiger partial charge in [0.2, 0.25) is 5.91 Å². The molecular formula is C20H30N2O. The van der Waals surface area contributed by atoms with E-state index in [1.165, 1.54) is 31.2 Å². The number of aryl methyl sites for hydroxylation is 3. The summed E-state index contributed by atoms with van der Waals surface area (Å²) in [6.07, 6.45) is 5.67. The number of fused-ring (bicyclic) bond motifs is 2. The minimum Gasteiger partial charge on any atom is -0.324 e. The number of nitrogens with one attached hydrogen (secondary N) is 1. The number of carbonyl (C=O) groups is 1. The summed E-state index contributed by atoms with van der Waals surface area (Å²) < 4.78 is 0. The van der Waals surface area contributed by atoms with Gasteiger partial charge in [0, 0.05) is 12.2 Å². The van der Waals surface area contributed by atoms with Crippen LogP contribution in [0, 0.1) is 38.5 Å². The van der Waals surface area contributed by atoms with Gasteiger partial charge in [-0.15, -0.1) is 0 Å². The van der Waals surface area contributed by atoms with E-state index in [2.05, 4.69) is 50.2 Å². The van der Waals surface area contributed by atoms with E-state index in [-0.39, 0.29) is 5.91 Å². The molecule has 0 radical (unpaired) electrons. The molecule has 23 heavy (non-hydrogen) atoms. The molecule has 1 aromatic rings. The van der Waals surface area contributed by atoms with Crippen LogP contribution in [0.25, 0.3) is 0 Å². The van der Waals surface area contributed by atoms with Crippen LogP contribution >= 0.6 is 0 Å². The highest BCUT2D eigenvalue weighted by molar-refractivity contribution is 5.93. The van der Waals surface area contributed by atoms with Gasteiger partial charge in [0.15, 0.2) is 0 Å². The Hall–Kier alpha value is -1.35. The quantitative estimate of drug-likeness (QED) is 0.893. The first-order valence-corrected chi connectivity index (χ1v) is 8.98. The Morgan fingerprint density at radius 1 is 1.17 bits per heavy atom. The van der Waals surface area contributed by atoms with E-state index in [0.29, 0.717) is 6.54 Å². The molecule has 3 atom stereocenters. The Labute approximate surface area is 140 Å². The van der Waals surface area contributed by atoms with Crippen molar-refractivity contribution in [2.24, 2.45) is 17.8 Å². The zero-order valence-corrected chi connectivity index (χ0v) is 15.0. The number of amides is 1. The highest BCUT2D eigenvalue weighted by Gasteiger charge is 2.39. The van der Waals surface area contributed by atoms with Crippen LogP contribution in [0.1, 0.15) is 42.4 Å². The average Bonchev–Trinajstić information content (AvgIpc) is 3.05. The number of anilines is 1. The summed E-state index contributed by atoms with van der Waals surface area (Å²) in [5.74, 6) is 2.82. The van der Waals surface area contributed by atoms with Gasteiger partial charge < -0.3 is 5.32 Å². The molecule has 2 aliphatic carbocycles. The maximum atomic E-state index is 12.4. The molecule has 2 fully saturated rings. The second-order valence-electron chi connectivity index (χ2n) is 7.95. The monoisotopic (exact) mass is 314 g/mol. The fraction of sp³-hybridized carbons (Fsp3) is 0.650. The van der Waals surface area contributed by atoms with Gasteiger partial charge in [0.25, 0.3) is 0 Å². The minimum absolute atomic E-state index is 0.103. The number of benzene rings is 1. The molecule has 3 nitrogen and oxygen atoms in total. The number of nitrogens with zero attached hydrogens (tertiary/aromatic N) is 1. The van der Waals surface area contributed by atoms with Crippen molar-refractivity contribution in [3.63, 3.8) is 0 Å². The summed E-state index contributed by atoms with van der Waals surface area (Å²) in [7, 11) is 2.08. The van der Waals surface area contributed by atoms with E-state index < -0.39 is 0 Å². The van der Waals surface area contributed by atoms with E-state index >= 15 is 0 Å². The van der Waals surface area contributed by atoms with Crippen molar-refractivity contribution < 1.29 is 4.79 Å². The summed E-state index contributed by atoms with van der Waals surface area (Å²) in [4.78, 5) is 14.6. The Balaban J connectivity index is 1.53. The summed E-state index contributed by atoms with van der Waals surface area (Å²) in [6, 6.07) is 4.25. The number of hydrogen-bond donors (Lipinski definition) is 1. The summed E-state index contributed by atoms with van der Waals surface area (Å²) in [5.41, 5.74) is 4.51. The fourth-order valence-corrected chi connectivity index (χ4v) is 4.87. The van der Waals surface area contributed by atoms with Gasteiger partial charge >= 0.3 is 0 Å². The van der Waals surface area contributed by atoms with Crippen LogP contribution in [0.3, 0.4) is 0 Å². The van der Waals surface area contributed by atoms with Gasteiger partial charge in [-0.05, 0) is 76.0 Å². The Morgan fingerprint density at radius 2 is 1.87 bits per heavy atom. The molecule has 2 bridgehead atoms. The predicted octanol–water partition coefficient (Wildman–Crippen LogP) is 3.92. The smallest absolute Gasteiger partial charge is 0.238 e. The second kappa shape index (κ2) is 6.64. The molecule has 2 saturated carbocycles. The molecule has 1 aromatic carbocycles. The standard InChI is InChI=1S/C20H30N2O/c1-13-7-14(2)20(15(3)8-13)21-19(23)12-22(4)11-18-10-16-5-6-17(18)9-16/h7-8,16-18H,5-6,9-12H2,1-4H3,(H,21,23)/t16-,17-,18+/m0/s1. The lowest BCUT2D eigenvalue weighted by atomic mass is 9.88. The molecule has 1 N–H and O–H groups in total. The van der Waals surface area contributed by atoms with Gasteiger partial charge in [0.05, 0.1) is 6.54 Å². The minimum atomic E-state index is 0.103. The molecule has 3 rings (SSSR count). The van der Waals surface area contributed by atoms with Crippen LogP contribution in [0.5, 0.6) is 0 Å². The molecule has 0 aromatic heterocycles. The molecule has 0 spiro atoms. The van der Waals surface area contributed by atoms with Crippen LogP contribution < -0.4 is 5.32 Å². The van der Waals surface area contributed by atoms with Crippen LogP contribution in [-0.2, 0) is 4.79 Å². The van der Waals surface area contributed by atoms with Crippen LogP contribution in [0.15, 0.2) is 12.1 Å². The van der Waals surface area contributed by atoms with Gasteiger partial charge in [-0.2, -0.15) is 0 Å². The number of likely N-dealkylation sites (N-methyl/N-ethyl adjacent to an activating group) is 1. The Kier molecular flexibility index (Phi) is 4.77. The molecular weight excluding hydrogens is 284 g/mol. The van der Waals surface area contributed by atoms with Gasteiger partial charge in [-0.3, -0.25) is 9.69 Å². The highest BCUT2D eigenvalue weighted by atomic mass is 16.2. The van der Waals surface area contributed by atoms with Crippen LogP contribution in [0.4, 0.5) is 5.69 Å². The van der Waals surface area contributed by atoms with Gasteiger partial charge in [-0.1, -0.05) is 24.1 Å². The summed E-state index contributed by atoms with van der Waals surface area (Å²) in [5, 5.41) is 3.11. The van der Waals surface area contributed by atoms with Crippen LogP contribution in [0.2, 0.25) is 0 Å². The summed E-state index contributed by atoms with van der Waals surface area (Å²) >= 11 is 0. The SMILES string of the molecule is Cc1cc(C)c(NC(=O)CN(C)C[C@H]2C[C@H]3CC[C@H]2C3)c(C)c1. The van der Waals surface area contributed by atoms with Crippen molar-refractivity contribution in [2.45, 2.75) is 46.5 Å². The molecule has 0 saturated heterocycles. The predicted molar refractivity (Wildman–Crippen MR) is 95.7 cm³/mol. The van der Waals surface area contributed by atoms with Crippen molar-refractivity contribution in [3.8, 4) is 0 Å². The van der Waals surface area contributed by atoms with Crippen molar-refractivity contribution in [1.29, 1.82) is 0 Å². The Morgan fingerprint density at radius 3 is 2.43 bits per heavy atom. The van der Waals surface area contributed by atoms with Crippen molar-refractivity contribution >= 4 is 11.6 Å². The average molecular weight is 314 g/mol. The topological polar surface area (TPSA) is 32.3 Å². The van der Waals surface area contributed by atoms with Crippen molar-refractivity contribution in [3.05, 3.63) is 28.8 Å². The lowest BCUT2D eigenvalue weighted by molar-refractivity contribution is -0.117. The van der Waals surface area contributed by atoms with E-state index in [4.69, 9.17) is 0 Å². The number of hydrogen-bond acceptors (Lipinski definition) is 2. The van der Waals surface area contributed by atoms with Crippen molar-refractivity contribution in [1.82, 2.24) is 4.90 Å². The largest absolute Gasteiger partial charge is 0.324 e. The Bertz CT molecular complexity index is 572. The van der Waals surface area contributed by atoms with E-state index in [0.717, 1.165) is 41.1 Å². The van der Waals surface area contributed by atoms with E-state index in [1.54, 1.807) is 0 Å². The van der Waals surface area contributed by atoms with E-state index in [1.807, 2.05) is 0 Å². The zero-order valence-electron chi connectivity index (χ0n) is 15.0. The van der Waals surface area contributed by atoms with Crippen LogP contribution in [-0.4, -0.2) is 30.9 Å². The maximum Gasteiger partial charge on any atom is 0.238 e. The normalized spacial score (nSPS) is 26.0. The molecule has 126 valence electrons. The first kappa shape index (κ1) is 16.5. The third-order valence-corrected chi connectivity index (χ3v) is 5.79. The molecule has 0 aliphatic heterocycles. The van der Waals surface area contributed by atoms with Gasteiger partial charge in [0.1, 0.15) is 0 Å². The lowest BCUT2D eigenvalue weighted by Gasteiger charge is -2.27. The third-order valence-electron chi connectivity index (χ3n) is 5.79. The molecule has 1 amide bonds. The first-order valence-electron chi connectivity index (χ1n) is 8.98. The third kappa shape index (κ3) is 3.77. The summed E-state index contributed by atoms with van der Waals surface area (Å²) in [6.45, 7) is 7.78. The first-order chi connectivity index (χ1) is 10.9. The van der Waals surface area contributed by atoms with E-state index in [9.17, 15) is 4.79 Å². The molecule has 0 unspecified atom stereocenters. The second-order valence-corrected chi connectivity index (χ2v) is 7.95. The molecule has 0 heterocycles. The molecule has 3 heteroatoms.